The average molecular weight is 489 g/mol. The molecule has 4 aliphatic carbocycles. The van der Waals surface area contributed by atoms with Gasteiger partial charge in [0.2, 0.25) is 0 Å². The summed E-state index contributed by atoms with van der Waals surface area (Å²) in [4.78, 5) is 24.8. The van der Waals surface area contributed by atoms with Gasteiger partial charge in [-0.15, -0.1) is 0 Å². The minimum absolute atomic E-state index is 0.0551. The van der Waals surface area contributed by atoms with Gasteiger partial charge in [-0.05, 0) is 78.9 Å². The normalized spacial score (nSPS) is 43.4. The number of hydrogen-bond acceptors (Lipinski definition) is 4. The molecular weight excluding hydrogens is 440 g/mol. The van der Waals surface area contributed by atoms with E-state index in [1.165, 1.54) is 5.57 Å². The minimum atomic E-state index is -0.880. The van der Waals surface area contributed by atoms with Gasteiger partial charge in [0.15, 0.2) is 0 Å². The fourth-order valence-electron chi connectivity index (χ4n) is 9.54. The summed E-state index contributed by atoms with van der Waals surface area (Å²) in [6.45, 7) is 15.1. The number of carboxylic acids is 1. The monoisotopic (exact) mass is 488 g/mol. The molecule has 0 bridgehead atoms. The van der Waals surface area contributed by atoms with Crippen LogP contribution in [0.2, 0.25) is 0 Å². The maximum absolute atomic E-state index is 12.5. The maximum atomic E-state index is 12.5. The molecule has 0 aromatic heterocycles. The van der Waals surface area contributed by atoms with Gasteiger partial charge in [-0.1, -0.05) is 59.6 Å². The van der Waals surface area contributed by atoms with Crippen LogP contribution in [0.5, 0.6) is 0 Å². The molecule has 198 valence electrons. The van der Waals surface area contributed by atoms with Gasteiger partial charge in [-0.3, -0.25) is 9.59 Å². The Morgan fingerprint density at radius 2 is 1.63 bits per heavy atom. The first-order valence-electron chi connectivity index (χ1n) is 14.0. The second kappa shape index (κ2) is 8.68. The second-order valence-corrected chi connectivity index (χ2v) is 14.0. The van der Waals surface area contributed by atoms with Crippen LogP contribution in [0.3, 0.4) is 0 Å². The van der Waals surface area contributed by atoms with Crippen molar-refractivity contribution >= 4 is 11.8 Å². The molecule has 4 rings (SSSR count). The molecule has 2 fully saturated rings. The molecule has 5 heteroatoms. The van der Waals surface area contributed by atoms with E-state index in [2.05, 4.69) is 34.6 Å². The Hall–Kier alpha value is -1.20. The molecule has 8 unspecified atom stereocenters. The topological polar surface area (TPSA) is 94.8 Å². The van der Waals surface area contributed by atoms with Crippen LogP contribution >= 0.6 is 0 Å². The number of hydrogen-bond donors (Lipinski definition) is 3. The van der Waals surface area contributed by atoms with E-state index in [9.17, 15) is 24.9 Å². The maximum Gasteiger partial charge on any atom is 0.306 e. The van der Waals surface area contributed by atoms with Crippen molar-refractivity contribution in [2.45, 2.75) is 118 Å². The lowest BCUT2D eigenvalue weighted by Gasteiger charge is -2.62. The quantitative estimate of drug-likeness (QED) is 0.412. The lowest BCUT2D eigenvalue weighted by atomic mass is 9.43. The van der Waals surface area contributed by atoms with E-state index in [1.807, 2.05) is 13.8 Å². The number of rotatable bonds is 6. The number of ketones is 1. The fourth-order valence-corrected chi connectivity index (χ4v) is 9.54. The second-order valence-electron chi connectivity index (χ2n) is 14.0. The van der Waals surface area contributed by atoms with E-state index >= 15 is 0 Å². The van der Waals surface area contributed by atoms with Crippen molar-refractivity contribution in [1.82, 2.24) is 0 Å². The van der Waals surface area contributed by atoms with Gasteiger partial charge in [0, 0.05) is 18.3 Å². The Bertz CT molecular complexity index is 918. The summed E-state index contributed by atoms with van der Waals surface area (Å²) in [7, 11) is 0. The largest absolute Gasteiger partial charge is 0.481 e. The number of carbonyl (C=O) groups is 2. The third-order valence-corrected chi connectivity index (χ3v) is 11.9. The van der Waals surface area contributed by atoms with Gasteiger partial charge in [-0.2, -0.15) is 0 Å². The van der Waals surface area contributed by atoms with Crippen molar-refractivity contribution in [3.63, 3.8) is 0 Å². The number of allylic oxidation sites excluding steroid dienone is 2. The summed E-state index contributed by atoms with van der Waals surface area (Å²) in [5, 5.41) is 32.5. The van der Waals surface area contributed by atoms with Crippen LogP contribution in [0.15, 0.2) is 11.1 Å². The van der Waals surface area contributed by atoms with Crippen molar-refractivity contribution in [2.75, 3.05) is 0 Å². The summed E-state index contributed by atoms with van der Waals surface area (Å²) >= 11 is 0. The number of aliphatic carboxylic acids is 1. The standard InChI is InChI=1S/C30H48O5/c1-17(2)21(31)10-8-18(26(34)35)25-22(32)16-30(7)20-9-11-23-27(3,4)24(33)13-14-28(23,5)19(20)12-15-29(25,30)6/h17-18,22-25,32-33H,8-16H2,1-7H3,(H,34,35). The van der Waals surface area contributed by atoms with Crippen LogP contribution in [0.4, 0.5) is 0 Å². The first-order chi connectivity index (χ1) is 16.1. The molecule has 35 heavy (non-hydrogen) atoms. The molecule has 0 aliphatic heterocycles. The zero-order valence-electron chi connectivity index (χ0n) is 23.0. The Kier molecular flexibility index (Phi) is 6.66. The predicted octanol–water partition coefficient (Wildman–Crippen LogP) is 5.77. The average Bonchev–Trinajstić information content (AvgIpc) is 2.97. The van der Waals surface area contributed by atoms with Gasteiger partial charge in [0.1, 0.15) is 5.78 Å². The summed E-state index contributed by atoms with van der Waals surface area (Å²) < 4.78 is 0. The molecule has 3 N–H and O–H groups in total. The number of aliphatic hydroxyl groups is 2. The zero-order chi connectivity index (χ0) is 26.1. The van der Waals surface area contributed by atoms with Crippen molar-refractivity contribution in [1.29, 1.82) is 0 Å². The molecule has 0 radical (unpaired) electrons. The molecule has 2 saturated carbocycles. The van der Waals surface area contributed by atoms with Gasteiger partial charge in [0.25, 0.3) is 0 Å². The minimum Gasteiger partial charge on any atom is -0.481 e. The smallest absolute Gasteiger partial charge is 0.306 e. The molecule has 5 nitrogen and oxygen atoms in total. The highest BCUT2D eigenvalue weighted by Gasteiger charge is 2.66. The van der Waals surface area contributed by atoms with Crippen LogP contribution in [0, 0.1) is 45.3 Å². The van der Waals surface area contributed by atoms with E-state index in [0.717, 1.165) is 38.5 Å². The van der Waals surface area contributed by atoms with Crippen LogP contribution in [-0.2, 0) is 9.59 Å². The third-order valence-electron chi connectivity index (χ3n) is 11.9. The fraction of sp³-hybridized carbons (Fsp3) is 0.867. The number of carboxylic acid groups (broad SMARTS) is 1. The van der Waals surface area contributed by atoms with Gasteiger partial charge >= 0.3 is 5.97 Å². The molecule has 0 spiro atoms. The summed E-state index contributed by atoms with van der Waals surface area (Å²) in [6.07, 6.45) is 5.86. The lowest BCUT2D eigenvalue weighted by Crippen LogP contribution is -2.55. The highest BCUT2D eigenvalue weighted by molar-refractivity contribution is 5.81. The molecule has 0 amide bonds. The van der Waals surface area contributed by atoms with Crippen molar-refractivity contribution in [3.05, 3.63) is 11.1 Å². The third kappa shape index (κ3) is 3.77. The number of Topliss-reactive ketones (excluding diaryl/α,β-unsaturated/α-hetero) is 1. The Morgan fingerprint density at radius 1 is 0.971 bits per heavy atom. The van der Waals surface area contributed by atoms with Crippen molar-refractivity contribution < 1.29 is 24.9 Å². The van der Waals surface area contributed by atoms with Gasteiger partial charge in [-0.25, -0.2) is 0 Å². The highest BCUT2D eigenvalue weighted by atomic mass is 16.4. The summed E-state index contributed by atoms with van der Waals surface area (Å²) in [5.74, 6) is -1.52. The molecule has 0 aromatic carbocycles. The van der Waals surface area contributed by atoms with Crippen molar-refractivity contribution in [2.24, 2.45) is 45.3 Å². The number of fused-ring (bicyclic) bond motifs is 4. The summed E-state index contributed by atoms with van der Waals surface area (Å²) in [6, 6.07) is 0. The molecule has 8 atom stereocenters. The van der Waals surface area contributed by atoms with E-state index in [4.69, 9.17) is 0 Å². The van der Waals surface area contributed by atoms with Crippen LogP contribution < -0.4 is 0 Å². The van der Waals surface area contributed by atoms with Crippen LogP contribution in [-0.4, -0.2) is 39.3 Å². The molecule has 0 heterocycles. The highest BCUT2D eigenvalue weighted by Crippen LogP contribution is 2.72. The zero-order valence-corrected chi connectivity index (χ0v) is 23.0. The van der Waals surface area contributed by atoms with E-state index < -0.39 is 18.0 Å². The Labute approximate surface area is 211 Å². The SMILES string of the molecule is CC(C)C(=O)CCC(C(=O)O)C1C(O)CC2(C)C3=C(CCC12C)C1(C)CCC(O)C(C)(C)C1CC3. The molecule has 4 aliphatic rings. The Morgan fingerprint density at radius 3 is 2.23 bits per heavy atom. The van der Waals surface area contributed by atoms with E-state index in [1.54, 1.807) is 5.57 Å². The first kappa shape index (κ1) is 26.9. The van der Waals surface area contributed by atoms with E-state index in [-0.39, 0.29) is 51.8 Å². The predicted molar refractivity (Wildman–Crippen MR) is 137 cm³/mol. The lowest BCUT2D eigenvalue weighted by molar-refractivity contribution is -0.149. The van der Waals surface area contributed by atoms with Gasteiger partial charge in [0.05, 0.1) is 18.1 Å². The molecule has 0 saturated heterocycles. The number of aliphatic hydroxyl groups excluding tert-OH is 2. The Balaban J connectivity index is 1.71. The van der Waals surface area contributed by atoms with Crippen LogP contribution in [0.1, 0.15) is 106 Å². The van der Waals surface area contributed by atoms with E-state index in [0.29, 0.717) is 18.8 Å². The van der Waals surface area contributed by atoms with Gasteiger partial charge < -0.3 is 15.3 Å². The summed E-state index contributed by atoms with van der Waals surface area (Å²) in [5.41, 5.74) is 2.39. The molecule has 0 aromatic rings. The van der Waals surface area contributed by atoms with Crippen LogP contribution in [0.25, 0.3) is 0 Å². The molecular formula is C30H48O5. The van der Waals surface area contributed by atoms with Crippen molar-refractivity contribution in [3.8, 4) is 0 Å². The number of carbonyl (C=O) groups excluding carboxylic acids is 1. The first-order valence-corrected chi connectivity index (χ1v) is 14.0.